The van der Waals surface area contributed by atoms with Crippen LogP contribution in [0.4, 0.5) is 11.1 Å². The molecule has 0 saturated carbocycles. The zero-order chi connectivity index (χ0) is 19.5. The average molecular weight is 384 g/mol. The molecule has 1 aliphatic carbocycles. The molecule has 6 nitrogen and oxygen atoms in total. The average Bonchev–Trinajstić information content (AvgIpc) is 3.15. The summed E-state index contributed by atoms with van der Waals surface area (Å²) in [6.07, 6.45) is 16.4. The van der Waals surface area contributed by atoms with Crippen molar-refractivity contribution in [2.75, 3.05) is 11.1 Å². The van der Waals surface area contributed by atoms with Crippen LogP contribution in [0.2, 0.25) is 0 Å². The molecule has 0 radical (unpaired) electrons. The van der Waals surface area contributed by atoms with E-state index in [9.17, 15) is 4.79 Å². The SMILES string of the molecule is CC(=O)Nc1nc(CCC2=C=CC=CC=C2)cs1.CCCn1ccnc1N. The van der Waals surface area contributed by atoms with E-state index in [1.165, 1.54) is 18.3 Å². The van der Waals surface area contributed by atoms with Crippen LogP contribution in [0.15, 0.2) is 59.5 Å². The van der Waals surface area contributed by atoms with Gasteiger partial charge < -0.3 is 15.6 Å². The lowest BCUT2D eigenvalue weighted by atomic mass is 10.1. The van der Waals surface area contributed by atoms with E-state index in [4.69, 9.17) is 5.73 Å². The van der Waals surface area contributed by atoms with Crippen molar-refractivity contribution in [2.45, 2.75) is 39.7 Å². The van der Waals surface area contributed by atoms with Crippen molar-refractivity contribution in [3.8, 4) is 0 Å². The van der Waals surface area contributed by atoms with Crippen LogP contribution in [0.5, 0.6) is 0 Å². The van der Waals surface area contributed by atoms with Gasteiger partial charge in [0, 0.05) is 31.2 Å². The van der Waals surface area contributed by atoms with Gasteiger partial charge in [-0.15, -0.1) is 17.1 Å². The van der Waals surface area contributed by atoms with Crippen LogP contribution in [-0.4, -0.2) is 20.4 Å². The van der Waals surface area contributed by atoms with Crippen molar-refractivity contribution in [2.24, 2.45) is 0 Å². The number of aryl methyl sites for hydroxylation is 2. The summed E-state index contributed by atoms with van der Waals surface area (Å²) in [7, 11) is 0. The van der Waals surface area contributed by atoms with Gasteiger partial charge >= 0.3 is 0 Å². The molecule has 0 aromatic carbocycles. The number of amides is 1. The number of nitrogens with zero attached hydrogens (tertiary/aromatic N) is 3. The molecule has 7 heteroatoms. The predicted molar refractivity (Wildman–Crippen MR) is 112 cm³/mol. The third kappa shape index (κ3) is 7.48. The molecule has 1 aliphatic rings. The van der Waals surface area contributed by atoms with Gasteiger partial charge in [0.25, 0.3) is 0 Å². The molecule has 0 bridgehead atoms. The minimum Gasteiger partial charge on any atom is -0.369 e. The van der Waals surface area contributed by atoms with E-state index in [0.717, 1.165) is 37.1 Å². The van der Waals surface area contributed by atoms with Gasteiger partial charge in [0.1, 0.15) is 0 Å². The van der Waals surface area contributed by atoms with Crippen LogP contribution in [0.3, 0.4) is 0 Å². The fourth-order valence-corrected chi connectivity index (χ4v) is 3.10. The minimum absolute atomic E-state index is 0.0840. The second kappa shape index (κ2) is 11.0. The number of thiazole rings is 1. The molecule has 2 aromatic rings. The summed E-state index contributed by atoms with van der Waals surface area (Å²) < 4.78 is 1.93. The van der Waals surface area contributed by atoms with Crippen LogP contribution in [0.25, 0.3) is 0 Å². The van der Waals surface area contributed by atoms with Crippen molar-refractivity contribution < 1.29 is 4.79 Å². The van der Waals surface area contributed by atoms with E-state index in [1.54, 1.807) is 6.20 Å². The first-order chi connectivity index (χ1) is 13.1. The molecule has 142 valence electrons. The number of nitrogens with one attached hydrogen (secondary N) is 1. The van der Waals surface area contributed by atoms with Crippen LogP contribution in [-0.2, 0) is 17.8 Å². The number of nitrogens with two attached hydrogens (primary N) is 1. The van der Waals surface area contributed by atoms with Gasteiger partial charge in [-0.2, -0.15) is 0 Å². The lowest BCUT2D eigenvalue weighted by Gasteiger charge is -1.98. The lowest BCUT2D eigenvalue weighted by Crippen LogP contribution is -2.05. The van der Waals surface area contributed by atoms with Crippen molar-refractivity contribution in [1.82, 2.24) is 14.5 Å². The molecule has 0 spiro atoms. The molecule has 1 amide bonds. The van der Waals surface area contributed by atoms with Crippen LogP contribution in [0, 0.1) is 0 Å². The first-order valence-corrected chi connectivity index (χ1v) is 9.74. The largest absolute Gasteiger partial charge is 0.369 e. The Bertz CT molecular complexity index is 869. The van der Waals surface area contributed by atoms with Crippen LogP contribution in [0.1, 0.15) is 32.4 Å². The molecule has 2 heterocycles. The standard InChI is InChI=1S/C14H14N2OS.C6H11N3/c1-11(17)15-14-16-13(10-18-14)9-8-12-6-4-2-3-5-7-12;1-2-4-9-5-3-8-6(9)7/h2-6,10H,8-9H2,1H3,(H,15,16,17);3,5H,2,4H2,1H3,(H2,7,8). The zero-order valence-corrected chi connectivity index (χ0v) is 16.5. The Kier molecular flexibility index (Phi) is 8.29. The van der Waals surface area contributed by atoms with Gasteiger partial charge in [-0.05, 0) is 30.9 Å². The number of carbonyl (C=O) groups is 1. The van der Waals surface area contributed by atoms with Crippen molar-refractivity contribution in [1.29, 1.82) is 0 Å². The summed E-state index contributed by atoms with van der Waals surface area (Å²) in [5.41, 5.74) is 10.9. The molecule has 0 saturated heterocycles. The summed E-state index contributed by atoms with van der Waals surface area (Å²) in [5, 5.41) is 5.34. The van der Waals surface area contributed by atoms with E-state index in [0.29, 0.717) is 11.1 Å². The summed E-state index contributed by atoms with van der Waals surface area (Å²) >= 11 is 1.46. The van der Waals surface area contributed by atoms with Crippen LogP contribution < -0.4 is 11.1 Å². The number of imidazole rings is 1. The van der Waals surface area contributed by atoms with E-state index in [2.05, 4.69) is 34.0 Å². The fraction of sp³-hybridized carbons (Fsp3) is 0.300. The summed E-state index contributed by atoms with van der Waals surface area (Å²) in [6.45, 7) is 4.56. The fourth-order valence-electron chi connectivity index (χ4n) is 2.31. The minimum atomic E-state index is -0.0840. The van der Waals surface area contributed by atoms with E-state index >= 15 is 0 Å². The van der Waals surface area contributed by atoms with Gasteiger partial charge in [-0.25, -0.2) is 9.97 Å². The first-order valence-electron chi connectivity index (χ1n) is 8.86. The number of nitrogen functional groups attached to an aromatic ring is 1. The summed E-state index contributed by atoms with van der Waals surface area (Å²) in [5.74, 6) is 0.524. The molecule has 0 unspecified atom stereocenters. The van der Waals surface area contributed by atoms with E-state index in [1.807, 2.05) is 40.4 Å². The smallest absolute Gasteiger partial charge is 0.223 e. The summed E-state index contributed by atoms with van der Waals surface area (Å²) in [6, 6.07) is 0. The highest BCUT2D eigenvalue weighted by molar-refractivity contribution is 7.13. The van der Waals surface area contributed by atoms with Crippen LogP contribution >= 0.6 is 11.3 Å². The zero-order valence-electron chi connectivity index (χ0n) is 15.7. The third-order valence-corrected chi connectivity index (χ3v) is 4.39. The maximum absolute atomic E-state index is 10.9. The lowest BCUT2D eigenvalue weighted by molar-refractivity contribution is -0.114. The summed E-state index contributed by atoms with van der Waals surface area (Å²) in [4.78, 5) is 19.1. The topological polar surface area (TPSA) is 85.8 Å². The Morgan fingerprint density at radius 2 is 2.19 bits per heavy atom. The maximum atomic E-state index is 10.9. The molecule has 27 heavy (non-hydrogen) atoms. The number of carbonyl (C=O) groups excluding carboxylic acids is 1. The Hall–Kier alpha value is -2.89. The molecule has 0 atom stereocenters. The van der Waals surface area contributed by atoms with Crippen molar-refractivity contribution in [3.63, 3.8) is 0 Å². The highest BCUT2D eigenvalue weighted by atomic mass is 32.1. The Morgan fingerprint density at radius 1 is 1.33 bits per heavy atom. The molecular formula is C20H25N5OS. The van der Waals surface area contributed by atoms with Gasteiger partial charge in [0.05, 0.1) is 5.69 Å². The molecule has 3 rings (SSSR count). The highest BCUT2D eigenvalue weighted by Gasteiger charge is 2.04. The predicted octanol–water partition coefficient (Wildman–Crippen LogP) is 4.12. The Morgan fingerprint density at radius 3 is 2.89 bits per heavy atom. The van der Waals surface area contributed by atoms with Crippen molar-refractivity contribution in [3.05, 3.63) is 65.2 Å². The van der Waals surface area contributed by atoms with Gasteiger partial charge in [0.15, 0.2) is 11.1 Å². The molecule has 0 fully saturated rings. The normalized spacial score (nSPS) is 12.1. The molecule has 2 aromatic heterocycles. The van der Waals surface area contributed by atoms with Gasteiger partial charge in [-0.3, -0.25) is 4.79 Å². The Labute approximate surface area is 163 Å². The van der Waals surface area contributed by atoms with Gasteiger partial charge in [0.2, 0.25) is 5.91 Å². The first kappa shape index (κ1) is 20.4. The number of rotatable bonds is 6. The number of allylic oxidation sites excluding steroid dienone is 5. The van der Waals surface area contributed by atoms with Crippen molar-refractivity contribution >= 4 is 28.3 Å². The second-order valence-corrected chi connectivity index (χ2v) is 6.74. The number of aromatic nitrogens is 3. The molecule has 3 N–H and O–H groups in total. The number of hydrogen-bond acceptors (Lipinski definition) is 5. The second-order valence-electron chi connectivity index (χ2n) is 5.88. The maximum Gasteiger partial charge on any atom is 0.223 e. The quantitative estimate of drug-likeness (QED) is 0.735. The Balaban J connectivity index is 0.000000244. The number of anilines is 2. The monoisotopic (exact) mass is 383 g/mol. The molecule has 0 aliphatic heterocycles. The van der Waals surface area contributed by atoms with E-state index in [-0.39, 0.29) is 5.91 Å². The van der Waals surface area contributed by atoms with Gasteiger partial charge in [-0.1, -0.05) is 31.2 Å². The molecular weight excluding hydrogens is 358 g/mol. The third-order valence-electron chi connectivity index (χ3n) is 3.58. The number of hydrogen-bond donors (Lipinski definition) is 2. The highest BCUT2D eigenvalue weighted by Crippen LogP contribution is 2.18. The van der Waals surface area contributed by atoms with E-state index < -0.39 is 0 Å².